The van der Waals surface area contributed by atoms with E-state index in [0.29, 0.717) is 5.69 Å². The summed E-state index contributed by atoms with van der Waals surface area (Å²) in [4.78, 5) is 21.8. The van der Waals surface area contributed by atoms with Gasteiger partial charge in [-0.15, -0.1) is 0 Å². The maximum atomic E-state index is 12.7. The highest BCUT2D eigenvalue weighted by atomic mass is 32.2. The van der Waals surface area contributed by atoms with Gasteiger partial charge in [0.25, 0.3) is 0 Å². The van der Waals surface area contributed by atoms with E-state index in [1.54, 1.807) is 13.0 Å². The molecule has 0 aliphatic carbocycles. The SMILES string of the molecule is Cc1cc(S[C@H](C)C(=O)Nc2cc(S(=O)(=O)N(C)C)ccc2C)nc(C(C)C)n1. The molecule has 1 aromatic heterocycles. The summed E-state index contributed by atoms with van der Waals surface area (Å²) in [5.74, 6) is 0.722. The van der Waals surface area contributed by atoms with Gasteiger partial charge in [-0.1, -0.05) is 31.7 Å². The predicted molar refractivity (Wildman–Crippen MR) is 117 cm³/mol. The second kappa shape index (κ2) is 9.23. The Morgan fingerprint density at radius 3 is 2.34 bits per heavy atom. The van der Waals surface area contributed by atoms with E-state index in [9.17, 15) is 13.2 Å². The maximum absolute atomic E-state index is 12.7. The number of carbonyl (C=O) groups is 1. The van der Waals surface area contributed by atoms with Gasteiger partial charge in [-0.25, -0.2) is 22.7 Å². The number of nitrogens with zero attached hydrogens (tertiary/aromatic N) is 3. The number of benzene rings is 1. The van der Waals surface area contributed by atoms with Crippen LogP contribution in [0.3, 0.4) is 0 Å². The van der Waals surface area contributed by atoms with Crippen molar-refractivity contribution in [2.75, 3.05) is 19.4 Å². The molecule has 2 rings (SSSR count). The molecular weight excluding hydrogens is 408 g/mol. The lowest BCUT2D eigenvalue weighted by Gasteiger charge is -2.16. The molecule has 0 bridgehead atoms. The third-order valence-corrected chi connectivity index (χ3v) is 7.11. The topological polar surface area (TPSA) is 92.3 Å². The van der Waals surface area contributed by atoms with E-state index in [-0.39, 0.29) is 16.7 Å². The number of aryl methyl sites for hydroxylation is 2. The molecule has 0 unspecified atom stereocenters. The first kappa shape index (κ1) is 23.3. The van der Waals surface area contributed by atoms with Crippen LogP contribution < -0.4 is 5.32 Å². The van der Waals surface area contributed by atoms with Crippen molar-refractivity contribution in [2.24, 2.45) is 0 Å². The van der Waals surface area contributed by atoms with Gasteiger partial charge in [0.2, 0.25) is 15.9 Å². The minimum absolute atomic E-state index is 0.136. The Morgan fingerprint density at radius 2 is 1.76 bits per heavy atom. The first-order chi connectivity index (χ1) is 13.4. The number of hydrogen-bond acceptors (Lipinski definition) is 6. The molecule has 1 N–H and O–H groups in total. The zero-order valence-electron chi connectivity index (χ0n) is 17.8. The van der Waals surface area contributed by atoms with Crippen LogP contribution in [0.5, 0.6) is 0 Å². The molecule has 2 aromatic rings. The monoisotopic (exact) mass is 436 g/mol. The van der Waals surface area contributed by atoms with Crippen molar-refractivity contribution >= 4 is 33.4 Å². The molecule has 1 aromatic carbocycles. The van der Waals surface area contributed by atoms with Gasteiger partial charge in [-0.3, -0.25) is 4.79 Å². The van der Waals surface area contributed by atoms with Crippen molar-refractivity contribution in [3.63, 3.8) is 0 Å². The largest absolute Gasteiger partial charge is 0.325 e. The standard InChI is InChI=1S/C20H28N4O3S2/c1-12(2)19-21-14(4)10-18(23-19)28-15(5)20(25)22-17-11-16(9-8-13(17)3)29(26,27)24(6)7/h8-12,15H,1-7H3,(H,22,25)/t15-/m1/s1. The van der Waals surface area contributed by atoms with E-state index in [2.05, 4.69) is 15.3 Å². The van der Waals surface area contributed by atoms with Crippen LogP contribution in [0.4, 0.5) is 5.69 Å². The zero-order valence-corrected chi connectivity index (χ0v) is 19.5. The minimum atomic E-state index is -3.58. The number of rotatable bonds is 7. The summed E-state index contributed by atoms with van der Waals surface area (Å²) in [5, 5.41) is 3.17. The summed E-state index contributed by atoms with van der Waals surface area (Å²) in [6.07, 6.45) is 0. The van der Waals surface area contributed by atoms with Gasteiger partial charge in [-0.05, 0) is 44.5 Å². The fourth-order valence-electron chi connectivity index (χ4n) is 2.46. The number of anilines is 1. The molecule has 0 saturated carbocycles. The molecule has 0 saturated heterocycles. The number of sulfonamides is 1. The Kier molecular flexibility index (Phi) is 7.42. The van der Waals surface area contributed by atoms with Crippen molar-refractivity contribution in [1.29, 1.82) is 0 Å². The van der Waals surface area contributed by atoms with Gasteiger partial charge in [0.15, 0.2) is 0 Å². The quantitative estimate of drug-likeness (QED) is 0.527. The van der Waals surface area contributed by atoms with Gasteiger partial charge >= 0.3 is 0 Å². The Bertz CT molecular complexity index is 1000. The van der Waals surface area contributed by atoms with Crippen molar-refractivity contribution in [3.05, 3.63) is 41.3 Å². The van der Waals surface area contributed by atoms with Gasteiger partial charge in [0, 0.05) is 31.4 Å². The number of thioether (sulfide) groups is 1. The van der Waals surface area contributed by atoms with Crippen LogP contribution in [0.2, 0.25) is 0 Å². The van der Waals surface area contributed by atoms with Crippen LogP contribution in [0.1, 0.15) is 43.8 Å². The molecule has 0 aliphatic heterocycles. The second-order valence-electron chi connectivity index (χ2n) is 7.37. The van der Waals surface area contributed by atoms with Gasteiger partial charge in [-0.2, -0.15) is 0 Å². The minimum Gasteiger partial charge on any atom is -0.325 e. The average Bonchev–Trinajstić information content (AvgIpc) is 2.62. The van der Waals surface area contributed by atoms with E-state index < -0.39 is 15.3 Å². The summed E-state index contributed by atoms with van der Waals surface area (Å²) >= 11 is 1.35. The van der Waals surface area contributed by atoms with Gasteiger partial charge in [0.05, 0.1) is 10.1 Å². The third-order valence-electron chi connectivity index (χ3n) is 4.28. The van der Waals surface area contributed by atoms with Crippen molar-refractivity contribution in [3.8, 4) is 0 Å². The van der Waals surface area contributed by atoms with Crippen molar-refractivity contribution in [2.45, 2.75) is 55.7 Å². The number of carbonyl (C=O) groups excluding carboxylic acids is 1. The number of nitrogens with one attached hydrogen (secondary N) is 1. The Balaban J connectivity index is 2.20. The highest BCUT2D eigenvalue weighted by molar-refractivity contribution is 8.00. The zero-order chi connectivity index (χ0) is 21.9. The van der Waals surface area contributed by atoms with E-state index in [1.807, 2.05) is 33.8 Å². The fraction of sp³-hybridized carbons (Fsp3) is 0.450. The summed E-state index contributed by atoms with van der Waals surface area (Å²) in [6.45, 7) is 9.57. The van der Waals surface area contributed by atoms with E-state index in [0.717, 1.165) is 26.4 Å². The fourth-order valence-corrected chi connectivity index (χ4v) is 4.30. The Morgan fingerprint density at radius 1 is 1.10 bits per heavy atom. The van der Waals surface area contributed by atoms with E-state index in [4.69, 9.17) is 0 Å². The lowest BCUT2D eigenvalue weighted by molar-refractivity contribution is -0.115. The molecule has 0 aliphatic rings. The summed E-state index contributed by atoms with van der Waals surface area (Å²) in [5.41, 5.74) is 2.12. The third kappa shape index (κ3) is 5.77. The first-order valence-electron chi connectivity index (χ1n) is 9.28. The van der Waals surface area contributed by atoms with E-state index in [1.165, 1.54) is 38.0 Å². The maximum Gasteiger partial charge on any atom is 0.242 e. The van der Waals surface area contributed by atoms with Crippen LogP contribution in [0.25, 0.3) is 0 Å². The second-order valence-corrected chi connectivity index (χ2v) is 10.9. The molecule has 1 atom stereocenters. The Labute approximate surface area is 177 Å². The number of amides is 1. The number of aromatic nitrogens is 2. The lowest BCUT2D eigenvalue weighted by atomic mass is 10.2. The molecule has 0 spiro atoms. The molecule has 158 valence electrons. The van der Waals surface area contributed by atoms with Gasteiger partial charge < -0.3 is 5.32 Å². The highest BCUT2D eigenvalue weighted by Crippen LogP contribution is 2.26. The highest BCUT2D eigenvalue weighted by Gasteiger charge is 2.21. The molecule has 1 amide bonds. The normalized spacial score (nSPS) is 13.0. The molecule has 0 radical (unpaired) electrons. The van der Waals surface area contributed by atoms with Gasteiger partial charge in [0.1, 0.15) is 10.9 Å². The summed E-state index contributed by atoms with van der Waals surface area (Å²) in [6, 6.07) is 6.57. The van der Waals surface area contributed by atoms with Crippen molar-refractivity contribution < 1.29 is 13.2 Å². The van der Waals surface area contributed by atoms with Crippen LogP contribution in [0.15, 0.2) is 34.2 Å². The summed E-state index contributed by atoms with van der Waals surface area (Å²) < 4.78 is 25.9. The smallest absolute Gasteiger partial charge is 0.242 e. The molecular formula is C20H28N4O3S2. The Hall–Kier alpha value is -1.97. The molecule has 1 heterocycles. The molecule has 0 fully saturated rings. The van der Waals surface area contributed by atoms with Crippen LogP contribution in [0, 0.1) is 13.8 Å². The van der Waals surface area contributed by atoms with Crippen LogP contribution in [-0.2, 0) is 14.8 Å². The first-order valence-corrected chi connectivity index (χ1v) is 11.6. The molecule has 9 heteroatoms. The van der Waals surface area contributed by atoms with Crippen molar-refractivity contribution in [1.82, 2.24) is 14.3 Å². The summed E-state index contributed by atoms with van der Waals surface area (Å²) in [7, 11) is -0.632. The molecule has 29 heavy (non-hydrogen) atoms. The molecule has 7 nitrogen and oxygen atoms in total. The van der Waals surface area contributed by atoms with Crippen LogP contribution in [-0.4, -0.2) is 47.9 Å². The predicted octanol–water partition coefficient (Wildman–Crippen LogP) is 3.59. The lowest BCUT2D eigenvalue weighted by Crippen LogP contribution is -2.24. The number of hydrogen-bond donors (Lipinski definition) is 1. The van der Waals surface area contributed by atoms with Crippen LogP contribution >= 0.6 is 11.8 Å². The van der Waals surface area contributed by atoms with E-state index >= 15 is 0 Å². The average molecular weight is 437 g/mol.